The molecule has 1 aliphatic rings. The van der Waals surface area contributed by atoms with E-state index in [0.717, 1.165) is 16.7 Å². The molecule has 5 heteroatoms. The number of rotatable bonds is 0. The van der Waals surface area contributed by atoms with E-state index in [2.05, 4.69) is 0 Å². The van der Waals surface area contributed by atoms with Crippen LogP contribution < -0.4 is 28.4 Å². The second kappa shape index (κ2) is 4.26. The molecule has 2 atom stereocenters. The summed E-state index contributed by atoms with van der Waals surface area (Å²) in [5, 5.41) is 0. The first-order valence-electron chi connectivity index (χ1n) is 6.06. The highest BCUT2D eigenvalue weighted by Crippen LogP contribution is 2.29. The molecule has 1 aliphatic carbocycles. The van der Waals surface area contributed by atoms with Gasteiger partial charge in [0.25, 0.3) is 0 Å². The van der Waals surface area contributed by atoms with Crippen molar-refractivity contribution >= 4 is 11.4 Å². The summed E-state index contributed by atoms with van der Waals surface area (Å²) in [5.74, 6) is 0. The van der Waals surface area contributed by atoms with Crippen LogP contribution in [0.15, 0.2) is 4.79 Å². The van der Waals surface area contributed by atoms with Crippen LogP contribution in [0.1, 0.15) is 22.3 Å². The second-order valence-corrected chi connectivity index (χ2v) is 5.10. The lowest BCUT2D eigenvalue weighted by Gasteiger charge is -2.28. The Morgan fingerprint density at radius 2 is 1.39 bits per heavy atom. The Hall–Kier alpha value is -1.59. The average molecular weight is 248 g/mol. The monoisotopic (exact) mass is 248 g/mol. The van der Waals surface area contributed by atoms with Crippen molar-refractivity contribution in [1.29, 1.82) is 0 Å². The van der Waals surface area contributed by atoms with Crippen molar-refractivity contribution in [2.75, 3.05) is 11.5 Å². The molecule has 18 heavy (non-hydrogen) atoms. The highest BCUT2D eigenvalue weighted by Gasteiger charge is 2.27. The summed E-state index contributed by atoms with van der Waals surface area (Å²) < 4.78 is 0. The minimum Gasteiger partial charge on any atom is -0.397 e. The highest BCUT2D eigenvalue weighted by molar-refractivity contribution is 5.70. The predicted molar refractivity (Wildman–Crippen MR) is 74.4 cm³/mol. The van der Waals surface area contributed by atoms with E-state index in [1.165, 1.54) is 0 Å². The fourth-order valence-corrected chi connectivity index (χ4v) is 2.56. The summed E-state index contributed by atoms with van der Waals surface area (Å²) in [7, 11) is 0. The van der Waals surface area contributed by atoms with E-state index in [1.54, 1.807) is 6.92 Å². The number of fused-ring (bicyclic) bond motifs is 1. The summed E-state index contributed by atoms with van der Waals surface area (Å²) in [6, 6.07) is -0.245. The molecule has 0 aromatic heterocycles. The van der Waals surface area contributed by atoms with E-state index in [0.29, 0.717) is 24.1 Å². The van der Waals surface area contributed by atoms with E-state index in [-0.39, 0.29) is 23.2 Å². The lowest BCUT2D eigenvalue weighted by Crippen LogP contribution is -2.47. The Morgan fingerprint density at radius 3 is 1.94 bits per heavy atom. The third kappa shape index (κ3) is 1.76. The maximum atomic E-state index is 12.1. The van der Waals surface area contributed by atoms with Crippen LogP contribution in [0, 0.1) is 13.8 Å². The molecule has 0 bridgehead atoms. The summed E-state index contributed by atoms with van der Waals surface area (Å²) in [5.41, 5.74) is 27.6. The third-order valence-electron chi connectivity index (χ3n) is 4.01. The standard InChI is InChI=1S/C13H20N4O/c1-5-6(2)13(18)12(17)11(16)8-4-10(15)9(14)3-7(5)8/h9-10H,3-4,14-15H2,1-2H3,(H4,16,17,18). The summed E-state index contributed by atoms with van der Waals surface area (Å²) in [6.07, 6.45) is 1.21. The molecular formula is C13H20N4O. The van der Waals surface area contributed by atoms with Crippen molar-refractivity contribution in [2.45, 2.75) is 38.8 Å². The molecule has 0 fully saturated rings. The smallest absolute Gasteiger partial charge is 0.206 e. The normalized spacial score (nSPS) is 22.7. The van der Waals surface area contributed by atoms with Crippen molar-refractivity contribution in [3.8, 4) is 0 Å². The van der Waals surface area contributed by atoms with E-state index in [4.69, 9.17) is 22.9 Å². The molecule has 2 rings (SSSR count). The van der Waals surface area contributed by atoms with Gasteiger partial charge >= 0.3 is 0 Å². The first kappa shape index (κ1) is 12.9. The van der Waals surface area contributed by atoms with Gasteiger partial charge in [0.2, 0.25) is 5.43 Å². The van der Waals surface area contributed by atoms with Gasteiger partial charge < -0.3 is 22.9 Å². The molecule has 0 aliphatic heterocycles. The minimum atomic E-state index is -0.193. The molecule has 0 saturated carbocycles. The Bertz CT molecular complexity index is 520. The molecule has 0 amide bonds. The van der Waals surface area contributed by atoms with Crippen LogP contribution in [0.4, 0.5) is 11.4 Å². The highest BCUT2D eigenvalue weighted by atomic mass is 16.1. The SMILES string of the molecule is Cc1c2c(c(N)c(N)c(=O)c1C)CC(N)C(N)C2. The number of anilines is 2. The molecule has 0 spiro atoms. The average Bonchev–Trinajstić information content (AvgIpc) is 2.40. The van der Waals surface area contributed by atoms with E-state index in [9.17, 15) is 4.79 Å². The van der Waals surface area contributed by atoms with Crippen LogP contribution in [0.3, 0.4) is 0 Å². The van der Waals surface area contributed by atoms with Crippen molar-refractivity contribution in [1.82, 2.24) is 0 Å². The number of hydrogen-bond acceptors (Lipinski definition) is 5. The zero-order valence-electron chi connectivity index (χ0n) is 10.8. The number of hydrogen-bond donors (Lipinski definition) is 4. The van der Waals surface area contributed by atoms with Crippen LogP contribution in [0.5, 0.6) is 0 Å². The molecule has 5 nitrogen and oxygen atoms in total. The van der Waals surface area contributed by atoms with Crippen LogP contribution in [0.2, 0.25) is 0 Å². The summed E-state index contributed by atoms with van der Waals surface area (Å²) >= 11 is 0. The van der Waals surface area contributed by atoms with Crippen molar-refractivity contribution in [2.24, 2.45) is 11.5 Å². The Kier molecular flexibility index (Phi) is 3.04. The first-order valence-corrected chi connectivity index (χ1v) is 6.06. The van der Waals surface area contributed by atoms with Gasteiger partial charge in [0.15, 0.2) is 0 Å². The van der Waals surface area contributed by atoms with E-state index >= 15 is 0 Å². The molecular weight excluding hydrogens is 228 g/mol. The Morgan fingerprint density at radius 1 is 0.889 bits per heavy atom. The number of nitrogen functional groups attached to an aromatic ring is 2. The van der Waals surface area contributed by atoms with E-state index in [1.807, 2.05) is 6.92 Å². The van der Waals surface area contributed by atoms with Gasteiger partial charge in [-0.15, -0.1) is 0 Å². The second-order valence-electron chi connectivity index (χ2n) is 5.10. The topological polar surface area (TPSA) is 121 Å². The quantitative estimate of drug-likeness (QED) is 0.497. The van der Waals surface area contributed by atoms with Crippen molar-refractivity contribution in [3.05, 3.63) is 32.5 Å². The summed E-state index contributed by atoms with van der Waals surface area (Å²) in [4.78, 5) is 12.1. The third-order valence-corrected chi connectivity index (χ3v) is 4.01. The summed E-state index contributed by atoms with van der Waals surface area (Å²) in [6.45, 7) is 3.69. The Labute approximate surface area is 106 Å². The molecule has 1 aromatic carbocycles. The molecule has 1 aromatic rings. The van der Waals surface area contributed by atoms with Gasteiger partial charge in [0.1, 0.15) is 5.69 Å². The Balaban J connectivity index is 2.85. The molecule has 0 saturated heterocycles. The van der Waals surface area contributed by atoms with Gasteiger partial charge in [-0.05, 0) is 43.4 Å². The lowest BCUT2D eigenvalue weighted by atomic mass is 9.83. The van der Waals surface area contributed by atoms with Gasteiger partial charge in [-0.25, -0.2) is 0 Å². The molecule has 8 N–H and O–H groups in total. The van der Waals surface area contributed by atoms with Gasteiger partial charge in [-0.3, -0.25) is 4.79 Å². The zero-order valence-corrected chi connectivity index (χ0v) is 10.8. The van der Waals surface area contributed by atoms with Crippen LogP contribution in [-0.2, 0) is 12.8 Å². The van der Waals surface area contributed by atoms with Crippen LogP contribution in [-0.4, -0.2) is 12.1 Å². The van der Waals surface area contributed by atoms with Crippen molar-refractivity contribution in [3.63, 3.8) is 0 Å². The molecule has 2 unspecified atom stereocenters. The fourth-order valence-electron chi connectivity index (χ4n) is 2.56. The van der Waals surface area contributed by atoms with Gasteiger partial charge in [0.05, 0.1) is 5.69 Å². The van der Waals surface area contributed by atoms with Gasteiger partial charge in [-0.1, -0.05) is 0 Å². The van der Waals surface area contributed by atoms with E-state index < -0.39 is 0 Å². The largest absolute Gasteiger partial charge is 0.397 e. The van der Waals surface area contributed by atoms with Crippen molar-refractivity contribution < 1.29 is 0 Å². The fraction of sp³-hybridized carbons (Fsp3) is 0.462. The van der Waals surface area contributed by atoms with Gasteiger partial charge in [-0.2, -0.15) is 0 Å². The maximum Gasteiger partial charge on any atom is 0.206 e. The number of nitrogens with two attached hydrogens (primary N) is 4. The molecule has 0 heterocycles. The molecule has 98 valence electrons. The zero-order chi connectivity index (χ0) is 13.6. The molecule has 0 radical (unpaired) electrons. The van der Waals surface area contributed by atoms with Crippen LogP contribution >= 0.6 is 0 Å². The van der Waals surface area contributed by atoms with Gasteiger partial charge in [0, 0.05) is 17.6 Å². The van der Waals surface area contributed by atoms with Crippen LogP contribution in [0.25, 0.3) is 0 Å². The maximum absolute atomic E-state index is 12.1. The predicted octanol–water partition coefficient (Wildman–Crippen LogP) is -0.419. The first-order chi connectivity index (χ1) is 8.34. The lowest BCUT2D eigenvalue weighted by molar-refractivity contribution is 0.492. The minimum absolute atomic E-state index is 0.103.